The van der Waals surface area contributed by atoms with Crippen LogP contribution in [0.4, 0.5) is 0 Å². The Labute approximate surface area is 108 Å². The van der Waals surface area contributed by atoms with Crippen LogP contribution >= 0.6 is 0 Å². The summed E-state index contributed by atoms with van der Waals surface area (Å²) in [7, 11) is 0. The van der Waals surface area contributed by atoms with Gasteiger partial charge in [-0.2, -0.15) is 0 Å². The third kappa shape index (κ3) is 2.75. The molecule has 0 radical (unpaired) electrons. The minimum absolute atomic E-state index is 0.506. The third-order valence-corrected chi connectivity index (χ3v) is 3.28. The van der Waals surface area contributed by atoms with Crippen LogP contribution in [0.2, 0.25) is 0 Å². The van der Waals surface area contributed by atoms with Gasteiger partial charge in [0.1, 0.15) is 36.6 Å². The second kappa shape index (κ2) is 5.95. The van der Waals surface area contributed by atoms with Gasteiger partial charge < -0.3 is 44.8 Å². The average Bonchev–Trinajstić information content (AvgIpc) is 2.83. The lowest BCUT2D eigenvalue weighted by atomic mass is 10.1. The molecule has 2 rings (SSSR count). The van der Waals surface area contributed by atoms with E-state index >= 15 is 0 Å². The molecule has 8 atom stereocenters. The highest BCUT2D eigenvalue weighted by Crippen LogP contribution is 2.28. The lowest BCUT2D eigenvalue weighted by molar-refractivity contribution is -0.236. The first-order chi connectivity index (χ1) is 8.99. The van der Waals surface area contributed by atoms with E-state index in [-0.39, 0.29) is 0 Å². The van der Waals surface area contributed by atoms with E-state index in [9.17, 15) is 20.4 Å². The van der Waals surface area contributed by atoms with Crippen molar-refractivity contribution in [3.05, 3.63) is 0 Å². The average molecular weight is 282 g/mol. The molecule has 2 aliphatic heterocycles. The molecule has 0 unspecified atom stereocenters. The maximum Gasteiger partial charge on any atom is 0.187 e. The lowest BCUT2D eigenvalue weighted by Crippen LogP contribution is -2.42. The number of aliphatic hydroxyl groups excluding tert-OH is 6. The van der Waals surface area contributed by atoms with Crippen LogP contribution in [0.3, 0.4) is 0 Å². The molecular formula is C10H18O9. The molecular weight excluding hydrogens is 264 g/mol. The van der Waals surface area contributed by atoms with Crippen LogP contribution in [0.25, 0.3) is 0 Å². The van der Waals surface area contributed by atoms with Crippen molar-refractivity contribution in [2.24, 2.45) is 0 Å². The van der Waals surface area contributed by atoms with Gasteiger partial charge in [-0.1, -0.05) is 0 Å². The fraction of sp³-hybridized carbons (Fsp3) is 1.00. The summed E-state index contributed by atoms with van der Waals surface area (Å²) < 4.78 is 15.1. The molecule has 2 aliphatic rings. The van der Waals surface area contributed by atoms with Crippen LogP contribution in [0.15, 0.2) is 0 Å². The number of aliphatic hydroxyl groups is 6. The molecule has 2 saturated heterocycles. The summed E-state index contributed by atoms with van der Waals surface area (Å²) in [5.74, 6) is 0. The molecule has 2 fully saturated rings. The third-order valence-electron chi connectivity index (χ3n) is 3.28. The van der Waals surface area contributed by atoms with Gasteiger partial charge in [0.2, 0.25) is 0 Å². The Morgan fingerprint density at radius 2 is 1.37 bits per heavy atom. The van der Waals surface area contributed by atoms with Crippen molar-refractivity contribution < 1.29 is 44.8 Å². The van der Waals surface area contributed by atoms with E-state index in [0.717, 1.165) is 0 Å². The van der Waals surface area contributed by atoms with Crippen LogP contribution in [-0.2, 0) is 14.2 Å². The second-order valence-electron chi connectivity index (χ2n) is 4.55. The predicted octanol–water partition coefficient (Wildman–Crippen LogP) is -4.12. The molecule has 0 saturated carbocycles. The summed E-state index contributed by atoms with van der Waals surface area (Å²) in [6.07, 6.45) is -10.1. The quantitative estimate of drug-likeness (QED) is 0.302. The van der Waals surface area contributed by atoms with Crippen molar-refractivity contribution in [2.45, 2.75) is 49.2 Å². The highest BCUT2D eigenvalue weighted by atomic mass is 16.7. The summed E-state index contributed by atoms with van der Waals surface area (Å²) in [4.78, 5) is 0. The Morgan fingerprint density at radius 1 is 0.789 bits per heavy atom. The Morgan fingerprint density at radius 3 is 1.84 bits per heavy atom. The van der Waals surface area contributed by atoms with Gasteiger partial charge in [0, 0.05) is 0 Å². The molecule has 6 N–H and O–H groups in total. The van der Waals surface area contributed by atoms with E-state index in [1.54, 1.807) is 0 Å². The minimum Gasteiger partial charge on any atom is -0.394 e. The zero-order valence-corrected chi connectivity index (χ0v) is 9.94. The Hall–Kier alpha value is -0.360. The number of ether oxygens (including phenoxy) is 3. The second-order valence-corrected chi connectivity index (χ2v) is 4.55. The first-order valence-electron chi connectivity index (χ1n) is 5.90. The highest BCUT2D eigenvalue weighted by molar-refractivity contribution is 4.91. The largest absolute Gasteiger partial charge is 0.394 e. The maximum absolute atomic E-state index is 9.74. The van der Waals surface area contributed by atoms with Crippen molar-refractivity contribution >= 4 is 0 Å². The summed E-state index contributed by atoms with van der Waals surface area (Å²) in [6, 6.07) is 0. The van der Waals surface area contributed by atoms with Gasteiger partial charge in [0.15, 0.2) is 12.6 Å². The maximum atomic E-state index is 9.74. The normalized spacial score (nSPS) is 50.8. The van der Waals surface area contributed by atoms with Gasteiger partial charge in [-0.05, 0) is 0 Å². The molecule has 0 bridgehead atoms. The zero-order chi connectivity index (χ0) is 14.2. The van der Waals surface area contributed by atoms with Crippen molar-refractivity contribution in [2.75, 3.05) is 13.2 Å². The topological polar surface area (TPSA) is 149 Å². The fourth-order valence-corrected chi connectivity index (χ4v) is 2.15. The van der Waals surface area contributed by atoms with Crippen LogP contribution in [0.5, 0.6) is 0 Å². The zero-order valence-electron chi connectivity index (χ0n) is 9.94. The van der Waals surface area contributed by atoms with Gasteiger partial charge >= 0.3 is 0 Å². The van der Waals surface area contributed by atoms with Gasteiger partial charge in [0.25, 0.3) is 0 Å². The van der Waals surface area contributed by atoms with Crippen LogP contribution in [0.1, 0.15) is 0 Å². The number of hydrogen-bond donors (Lipinski definition) is 6. The Bertz CT molecular complexity index is 301. The molecule has 0 aromatic carbocycles. The van der Waals surface area contributed by atoms with Crippen LogP contribution < -0.4 is 0 Å². The van der Waals surface area contributed by atoms with E-state index in [4.69, 9.17) is 24.4 Å². The SMILES string of the molecule is OC[C@@H]1O[C@@H](O[C@@H]2[C@@H](O)[C@H](CO)O[C@H]2O)[C@H](O)[C@H]1O. The smallest absolute Gasteiger partial charge is 0.187 e. The highest BCUT2D eigenvalue weighted by Gasteiger charge is 2.49. The summed E-state index contributed by atoms with van der Waals surface area (Å²) >= 11 is 0. The van der Waals surface area contributed by atoms with Gasteiger partial charge in [-0.15, -0.1) is 0 Å². The molecule has 112 valence electrons. The summed E-state index contributed by atoms with van der Waals surface area (Å²) in [5.41, 5.74) is 0. The first kappa shape index (κ1) is 15.0. The summed E-state index contributed by atoms with van der Waals surface area (Å²) in [6.45, 7) is -1.02. The molecule has 2 heterocycles. The van der Waals surface area contributed by atoms with Gasteiger partial charge in [-0.25, -0.2) is 0 Å². The van der Waals surface area contributed by atoms with Crippen molar-refractivity contribution in [3.8, 4) is 0 Å². The fourth-order valence-electron chi connectivity index (χ4n) is 2.15. The Balaban J connectivity index is 1.98. The standard InChI is InChI=1S/C10H18O9/c11-1-3-5(13)7(15)10(18-3)19-8-6(14)4(2-12)17-9(8)16/h3-16H,1-2H2/t3-,4-,5-,6-,7+,8+,9+,10-/m0/s1. The number of hydrogen-bond acceptors (Lipinski definition) is 9. The van der Waals surface area contributed by atoms with E-state index in [0.29, 0.717) is 0 Å². The van der Waals surface area contributed by atoms with Crippen LogP contribution in [0, 0.1) is 0 Å². The molecule has 19 heavy (non-hydrogen) atoms. The molecule has 0 aromatic heterocycles. The van der Waals surface area contributed by atoms with E-state index in [1.165, 1.54) is 0 Å². The van der Waals surface area contributed by atoms with Crippen LogP contribution in [-0.4, -0.2) is 93.1 Å². The first-order valence-corrected chi connectivity index (χ1v) is 5.90. The molecule has 0 spiro atoms. The molecule has 0 aliphatic carbocycles. The minimum atomic E-state index is -1.49. The van der Waals surface area contributed by atoms with Gasteiger partial charge in [-0.3, -0.25) is 0 Å². The predicted molar refractivity (Wildman–Crippen MR) is 56.6 cm³/mol. The van der Waals surface area contributed by atoms with Crippen molar-refractivity contribution in [3.63, 3.8) is 0 Å². The lowest BCUT2D eigenvalue weighted by Gasteiger charge is -2.23. The molecule has 0 amide bonds. The van der Waals surface area contributed by atoms with E-state index in [1.807, 2.05) is 0 Å². The molecule has 9 heteroatoms. The van der Waals surface area contributed by atoms with Crippen molar-refractivity contribution in [1.82, 2.24) is 0 Å². The summed E-state index contributed by atoms with van der Waals surface area (Å²) in [5, 5.41) is 56.2. The van der Waals surface area contributed by atoms with Crippen molar-refractivity contribution in [1.29, 1.82) is 0 Å². The number of rotatable bonds is 4. The molecule has 0 aromatic rings. The van der Waals surface area contributed by atoms with E-state index in [2.05, 4.69) is 0 Å². The monoisotopic (exact) mass is 282 g/mol. The van der Waals surface area contributed by atoms with E-state index < -0.39 is 62.4 Å². The molecule has 9 nitrogen and oxygen atoms in total. The Kier molecular flexibility index (Phi) is 4.71. The van der Waals surface area contributed by atoms with Gasteiger partial charge in [0.05, 0.1) is 13.2 Å².